The van der Waals surface area contributed by atoms with Gasteiger partial charge in [-0.3, -0.25) is 14.4 Å². The molecule has 14 nitrogen and oxygen atoms in total. The van der Waals surface area contributed by atoms with Gasteiger partial charge < -0.3 is 19.1 Å². The van der Waals surface area contributed by atoms with Crippen molar-refractivity contribution >= 4 is 28.5 Å². The lowest BCUT2D eigenvalue weighted by Gasteiger charge is -2.47. The number of methoxy groups -OCH3 is 2. The Labute approximate surface area is 302 Å². The van der Waals surface area contributed by atoms with Crippen LogP contribution in [-0.2, 0) is 36.1 Å². The van der Waals surface area contributed by atoms with Crippen LogP contribution in [0.5, 0.6) is 17.2 Å². The zero-order chi connectivity index (χ0) is 37.5. The number of allylic oxidation sites excluding steroid dienone is 2. The van der Waals surface area contributed by atoms with E-state index < -0.39 is 46.5 Å². The van der Waals surface area contributed by atoms with Gasteiger partial charge in [0.15, 0.2) is 11.5 Å². The second kappa shape index (κ2) is 12.2. The van der Waals surface area contributed by atoms with E-state index in [4.69, 9.17) is 9.47 Å². The summed E-state index contributed by atoms with van der Waals surface area (Å²) in [6.07, 6.45) is 1.91. The monoisotopic (exact) mass is 718 g/mol. The first-order chi connectivity index (χ1) is 25.4. The lowest BCUT2D eigenvalue weighted by atomic mass is 9.56. The van der Waals surface area contributed by atoms with Crippen molar-refractivity contribution in [1.82, 2.24) is 23.5 Å². The van der Waals surface area contributed by atoms with Gasteiger partial charge in [0.2, 0.25) is 11.8 Å². The molecular weight excluding hydrogens is 680 g/mol. The van der Waals surface area contributed by atoms with Gasteiger partial charge in [-0.2, -0.15) is 0 Å². The molecule has 3 aromatic carbocycles. The Balaban J connectivity index is 1.21. The van der Waals surface area contributed by atoms with Crippen molar-refractivity contribution < 1.29 is 24.2 Å². The maximum absolute atomic E-state index is 14.5. The number of amides is 2. The molecule has 2 aliphatic heterocycles. The molecule has 1 saturated heterocycles. The summed E-state index contributed by atoms with van der Waals surface area (Å²) in [7, 11) is 4.61. The van der Waals surface area contributed by atoms with E-state index in [1.807, 2.05) is 6.08 Å². The molecule has 4 unspecified atom stereocenters. The summed E-state index contributed by atoms with van der Waals surface area (Å²) in [4.78, 5) is 76.3. The molecule has 1 aliphatic carbocycles. The predicted octanol–water partition coefficient (Wildman–Crippen LogP) is 3.20. The minimum atomic E-state index is -1.30. The molecule has 2 aromatic heterocycles. The number of fused-ring (bicyclic) bond motifs is 5. The number of rotatable bonds is 7. The Bertz CT molecular complexity index is 2580. The Kier molecular flexibility index (Phi) is 7.82. The van der Waals surface area contributed by atoms with Gasteiger partial charge in [0.1, 0.15) is 11.4 Å². The molecule has 1 saturated carbocycles. The van der Waals surface area contributed by atoms with Gasteiger partial charge in [0.25, 0.3) is 5.56 Å². The molecule has 3 aliphatic rings. The number of ether oxygens (including phenoxy) is 2. The number of carbonyl (C=O) groups is 2. The SMILES string of the molecule is COc1cc2nc(CCn3c(=O)n4n(c3=O)C3CC5C(=O)N(c6ccccc6)C(=O)C5(C)C(c5cccc(C)c5O)C3=CC4)c(=O)n(C)c2cc1OC. The normalized spacial score (nSPS) is 22.0. The number of para-hydroxylation sites is 2. The number of benzene rings is 3. The molecule has 272 valence electrons. The fourth-order valence-corrected chi connectivity index (χ4v) is 8.69. The summed E-state index contributed by atoms with van der Waals surface area (Å²) < 4.78 is 16.0. The molecule has 4 atom stereocenters. The molecule has 0 bridgehead atoms. The van der Waals surface area contributed by atoms with Gasteiger partial charge in [-0.05, 0) is 43.5 Å². The number of aryl methyl sites for hydroxylation is 3. The van der Waals surface area contributed by atoms with E-state index in [1.54, 1.807) is 81.6 Å². The highest BCUT2D eigenvalue weighted by Crippen LogP contribution is 2.62. The quantitative estimate of drug-likeness (QED) is 0.197. The van der Waals surface area contributed by atoms with Gasteiger partial charge in [-0.15, -0.1) is 0 Å². The fraction of sp³-hybridized carbons (Fsp3) is 0.333. The average molecular weight is 719 g/mol. The lowest BCUT2D eigenvalue weighted by molar-refractivity contribution is -0.129. The Morgan fingerprint density at radius 2 is 1.66 bits per heavy atom. The van der Waals surface area contributed by atoms with Crippen LogP contribution in [0.3, 0.4) is 0 Å². The largest absolute Gasteiger partial charge is 0.507 e. The minimum Gasteiger partial charge on any atom is -0.507 e. The number of imide groups is 1. The maximum Gasteiger partial charge on any atom is 0.347 e. The maximum atomic E-state index is 14.5. The molecule has 4 heterocycles. The van der Waals surface area contributed by atoms with Gasteiger partial charge in [-0.25, -0.2) is 33.4 Å². The van der Waals surface area contributed by atoms with E-state index in [0.717, 1.165) is 4.57 Å². The first-order valence-corrected chi connectivity index (χ1v) is 17.4. The molecule has 0 radical (unpaired) electrons. The van der Waals surface area contributed by atoms with Crippen LogP contribution in [-0.4, -0.2) is 54.6 Å². The van der Waals surface area contributed by atoms with E-state index in [2.05, 4.69) is 4.98 Å². The van der Waals surface area contributed by atoms with Crippen molar-refractivity contribution in [1.29, 1.82) is 0 Å². The first-order valence-electron chi connectivity index (χ1n) is 17.4. The number of nitrogens with zero attached hydrogens (tertiary/aromatic N) is 6. The molecule has 5 aromatic rings. The standard InChI is InChI=1S/C39H38N6O8/c1-21-10-9-13-24(33(21)46)32-23-14-17-43-37(50)42(16-15-26-35(48)41(3)29-20-31(53-5)30(52-4)19-27(29)40-26)38(51)45(43)28(23)18-25-34(47)44(36(49)39(25,32)2)22-11-7-6-8-12-22/h6-14,19-20,25,28,32,46H,15-18H2,1-5H3. The lowest BCUT2D eigenvalue weighted by Crippen LogP contribution is -2.49. The van der Waals surface area contributed by atoms with Crippen LogP contribution in [0.4, 0.5) is 5.69 Å². The van der Waals surface area contributed by atoms with Crippen molar-refractivity contribution in [3.05, 3.63) is 120 Å². The fourth-order valence-electron chi connectivity index (χ4n) is 8.69. The second-order valence-electron chi connectivity index (χ2n) is 14.1. The number of carbonyl (C=O) groups excluding carboxylic acids is 2. The van der Waals surface area contributed by atoms with Crippen LogP contribution in [0.15, 0.2) is 86.7 Å². The smallest absolute Gasteiger partial charge is 0.347 e. The Morgan fingerprint density at radius 1 is 0.943 bits per heavy atom. The van der Waals surface area contributed by atoms with Crippen molar-refractivity contribution in [3.63, 3.8) is 0 Å². The zero-order valence-electron chi connectivity index (χ0n) is 29.9. The summed E-state index contributed by atoms with van der Waals surface area (Å²) in [5, 5.41) is 11.4. The third-order valence-electron chi connectivity index (χ3n) is 11.4. The van der Waals surface area contributed by atoms with Crippen LogP contribution in [0.25, 0.3) is 11.0 Å². The molecule has 8 rings (SSSR count). The Hall–Kier alpha value is -6.18. The van der Waals surface area contributed by atoms with Crippen molar-refractivity contribution in [3.8, 4) is 17.2 Å². The van der Waals surface area contributed by atoms with Gasteiger partial charge in [0, 0.05) is 43.6 Å². The third kappa shape index (κ3) is 4.77. The predicted molar refractivity (Wildman–Crippen MR) is 195 cm³/mol. The van der Waals surface area contributed by atoms with E-state index in [-0.39, 0.29) is 42.9 Å². The molecule has 2 amide bonds. The summed E-state index contributed by atoms with van der Waals surface area (Å²) in [6.45, 7) is 3.43. The third-order valence-corrected chi connectivity index (χ3v) is 11.4. The van der Waals surface area contributed by atoms with Crippen LogP contribution < -0.4 is 31.3 Å². The number of aromatic hydroxyl groups is 1. The molecule has 14 heteroatoms. The van der Waals surface area contributed by atoms with Gasteiger partial charge in [-0.1, -0.05) is 42.5 Å². The van der Waals surface area contributed by atoms with E-state index in [9.17, 15) is 29.1 Å². The molecule has 0 spiro atoms. The van der Waals surface area contributed by atoms with E-state index >= 15 is 0 Å². The number of anilines is 1. The number of hydrogen-bond acceptors (Lipinski definition) is 9. The summed E-state index contributed by atoms with van der Waals surface area (Å²) in [5.41, 5.74) is 0.480. The molecule has 2 fully saturated rings. The highest BCUT2D eigenvalue weighted by atomic mass is 16.5. The van der Waals surface area contributed by atoms with Crippen LogP contribution in [0.1, 0.15) is 42.1 Å². The van der Waals surface area contributed by atoms with Gasteiger partial charge in [0.05, 0.1) is 54.9 Å². The minimum absolute atomic E-state index is 0.00541. The van der Waals surface area contributed by atoms with Crippen LogP contribution in [0.2, 0.25) is 0 Å². The topological polar surface area (TPSA) is 160 Å². The number of hydrogen-bond donors (Lipinski definition) is 1. The van der Waals surface area contributed by atoms with E-state index in [1.165, 1.54) is 33.1 Å². The summed E-state index contributed by atoms with van der Waals surface area (Å²) in [6, 6.07) is 16.6. The van der Waals surface area contributed by atoms with E-state index in [0.29, 0.717) is 44.9 Å². The highest BCUT2D eigenvalue weighted by Gasteiger charge is 2.65. The van der Waals surface area contributed by atoms with Gasteiger partial charge >= 0.3 is 11.4 Å². The second-order valence-corrected chi connectivity index (χ2v) is 14.1. The Morgan fingerprint density at radius 3 is 2.38 bits per heavy atom. The summed E-state index contributed by atoms with van der Waals surface area (Å²) in [5.74, 6) is -1.57. The molecule has 1 N–H and O–H groups in total. The van der Waals surface area contributed by atoms with Crippen LogP contribution >= 0.6 is 0 Å². The van der Waals surface area contributed by atoms with Crippen molar-refractivity contribution in [2.75, 3.05) is 19.1 Å². The van der Waals surface area contributed by atoms with Crippen molar-refractivity contribution in [2.45, 2.75) is 51.7 Å². The molecular formula is C39H38N6O8. The zero-order valence-corrected chi connectivity index (χ0v) is 29.9. The van der Waals surface area contributed by atoms with Crippen LogP contribution in [0, 0.1) is 18.3 Å². The number of aromatic nitrogens is 5. The number of phenols is 1. The highest BCUT2D eigenvalue weighted by molar-refractivity contribution is 6.24. The van der Waals surface area contributed by atoms with Crippen molar-refractivity contribution in [2.24, 2.45) is 18.4 Å². The molecule has 53 heavy (non-hydrogen) atoms. The first kappa shape index (κ1) is 33.9. The summed E-state index contributed by atoms with van der Waals surface area (Å²) >= 11 is 0. The number of phenolic OH excluding ortho intramolecular Hbond substituents is 1. The average Bonchev–Trinajstić information content (AvgIpc) is 3.52.